The minimum absolute atomic E-state index is 0.385. The van der Waals surface area contributed by atoms with E-state index in [0.717, 1.165) is 45.8 Å². The van der Waals surface area contributed by atoms with Crippen LogP contribution >= 0.6 is 11.3 Å². The Labute approximate surface area is 113 Å². The lowest BCUT2D eigenvalue weighted by Crippen LogP contribution is -2.23. The molecule has 0 aliphatic carbocycles. The number of aryl methyl sites for hydroxylation is 1. The third-order valence-corrected chi connectivity index (χ3v) is 4.36. The number of ether oxygens (including phenoxy) is 2. The van der Waals surface area contributed by atoms with E-state index in [9.17, 15) is 0 Å². The minimum atomic E-state index is 0.385. The van der Waals surface area contributed by atoms with Gasteiger partial charge >= 0.3 is 0 Å². The molecule has 2 rings (SSSR count). The summed E-state index contributed by atoms with van der Waals surface area (Å²) in [4.78, 5) is 2.79. The standard InChI is InChI=1S/C14H23NO2S/c1-3-15-9-14-8-12(11(2)18-14)10-17-13-4-6-16-7-5-13/h8,13,15H,3-7,9-10H2,1-2H3. The fraction of sp³-hybridized carbons (Fsp3) is 0.714. The highest BCUT2D eigenvalue weighted by molar-refractivity contribution is 7.12. The molecule has 1 aromatic rings. The molecule has 3 nitrogen and oxygen atoms in total. The van der Waals surface area contributed by atoms with Gasteiger partial charge in [-0.3, -0.25) is 0 Å². The molecule has 1 N–H and O–H groups in total. The summed E-state index contributed by atoms with van der Waals surface area (Å²) in [5.41, 5.74) is 1.35. The summed E-state index contributed by atoms with van der Waals surface area (Å²) in [5.74, 6) is 0. The fourth-order valence-electron chi connectivity index (χ4n) is 2.12. The average Bonchev–Trinajstić information content (AvgIpc) is 2.76. The Bertz CT molecular complexity index is 359. The summed E-state index contributed by atoms with van der Waals surface area (Å²) < 4.78 is 11.3. The molecule has 1 aliphatic rings. The van der Waals surface area contributed by atoms with Crippen LogP contribution in [-0.4, -0.2) is 25.9 Å². The van der Waals surface area contributed by atoms with Gasteiger partial charge in [-0.05, 0) is 37.9 Å². The second-order valence-corrected chi connectivity index (χ2v) is 6.04. The molecule has 1 saturated heterocycles. The number of rotatable bonds is 6. The predicted molar refractivity (Wildman–Crippen MR) is 75.1 cm³/mol. The van der Waals surface area contributed by atoms with E-state index in [4.69, 9.17) is 9.47 Å². The number of hydrogen-bond acceptors (Lipinski definition) is 4. The van der Waals surface area contributed by atoms with Crippen LogP contribution in [0.5, 0.6) is 0 Å². The summed E-state index contributed by atoms with van der Waals surface area (Å²) in [6.45, 7) is 8.75. The summed E-state index contributed by atoms with van der Waals surface area (Å²) in [7, 11) is 0. The van der Waals surface area contributed by atoms with E-state index >= 15 is 0 Å². The molecule has 1 aromatic heterocycles. The molecule has 0 radical (unpaired) electrons. The molecule has 0 aromatic carbocycles. The summed E-state index contributed by atoms with van der Waals surface area (Å²) in [6, 6.07) is 2.28. The first-order valence-corrected chi connectivity index (χ1v) is 7.59. The van der Waals surface area contributed by atoms with E-state index in [1.165, 1.54) is 15.3 Å². The Kier molecular flexibility index (Phi) is 5.63. The average molecular weight is 269 g/mol. The molecule has 2 heterocycles. The van der Waals surface area contributed by atoms with Gasteiger partial charge in [0.1, 0.15) is 0 Å². The first-order valence-electron chi connectivity index (χ1n) is 6.78. The van der Waals surface area contributed by atoms with E-state index < -0.39 is 0 Å². The largest absolute Gasteiger partial charge is 0.381 e. The third-order valence-electron chi connectivity index (χ3n) is 3.26. The van der Waals surface area contributed by atoms with Crippen LogP contribution in [0.4, 0.5) is 0 Å². The Morgan fingerprint density at radius 3 is 2.94 bits per heavy atom. The SMILES string of the molecule is CCNCc1cc(COC2CCOCC2)c(C)s1. The normalized spacial score (nSPS) is 17.2. The zero-order valence-electron chi connectivity index (χ0n) is 11.3. The van der Waals surface area contributed by atoms with Crippen molar-refractivity contribution in [2.75, 3.05) is 19.8 Å². The molecular weight excluding hydrogens is 246 g/mol. The molecular formula is C14H23NO2S. The van der Waals surface area contributed by atoms with Gasteiger partial charge < -0.3 is 14.8 Å². The highest BCUT2D eigenvalue weighted by atomic mass is 32.1. The smallest absolute Gasteiger partial charge is 0.0731 e. The molecule has 1 fully saturated rings. The number of nitrogens with one attached hydrogen (secondary N) is 1. The Morgan fingerprint density at radius 2 is 2.22 bits per heavy atom. The topological polar surface area (TPSA) is 30.5 Å². The summed E-state index contributed by atoms with van der Waals surface area (Å²) >= 11 is 1.87. The molecule has 0 atom stereocenters. The maximum Gasteiger partial charge on any atom is 0.0731 e. The van der Waals surface area contributed by atoms with Gasteiger partial charge in [-0.15, -0.1) is 11.3 Å². The van der Waals surface area contributed by atoms with Gasteiger partial charge in [-0.2, -0.15) is 0 Å². The molecule has 4 heteroatoms. The van der Waals surface area contributed by atoms with Gasteiger partial charge in [-0.1, -0.05) is 6.92 Å². The summed E-state index contributed by atoms with van der Waals surface area (Å²) in [6.07, 6.45) is 2.45. The van der Waals surface area contributed by atoms with Gasteiger partial charge in [0.05, 0.1) is 12.7 Å². The van der Waals surface area contributed by atoms with Crippen molar-refractivity contribution in [3.05, 3.63) is 21.4 Å². The fourth-order valence-corrected chi connectivity index (χ4v) is 3.13. The second-order valence-electron chi connectivity index (χ2n) is 4.70. The van der Waals surface area contributed by atoms with Gasteiger partial charge in [0.15, 0.2) is 0 Å². The van der Waals surface area contributed by atoms with Crippen LogP contribution in [-0.2, 0) is 22.6 Å². The van der Waals surface area contributed by atoms with Gasteiger partial charge in [0, 0.05) is 29.5 Å². The van der Waals surface area contributed by atoms with Crippen LogP contribution in [0.1, 0.15) is 35.1 Å². The zero-order valence-corrected chi connectivity index (χ0v) is 12.1. The first-order chi connectivity index (χ1) is 8.79. The van der Waals surface area contributed by atoms with Crippen LogP contribution in [0, 0.1) is 6.92 Å². The van der Waals surface area contributed by atoms with Crippen molar-refractivity contribution in [3.8, 4) is 0 Å². The monoisotopic (exact) mass is 269 g/mol. The highest BCUT2D eigenvalue weighted by Crippen LogP contribution is 2.23. The maximum atomic E-state index is 5.97. The molecule has 0 bridgehead atoms. The molecule has 0 unspecified atom stereocenters. The van der Waals surface area contributed by atoms with Gasteiger partial charge in [0.25, 0.3) is 0 Å². The lowest BCUT2D eigenvalue weighted by molar-refractivity contribution is -0.0390. The van der Waals surface area contributed by atoms with Crippen LogP contribution < -0.4 is 5.32 Å². The first kappa shape index (κ1) is 14.0. The zero-order chi connectivity index (χ0) is 12.8. The van der Waals surface area contributed by atoms with Crippen molar-refractivity contribution in [1.82, 2.24) is 5.32 Å². The van der Waals surface area contributed by atoms with Crippen molar-refractivity contribution < 1.29 is 9.47 Å². The maximum absolute atomic E-state index is 5.97. The van der Waals surface area contributed by atoms with E-state index in [-0.39, 0.29) is 0 Å². The molecule has 18 heavy (non-hydrogen) atoms. The lowest BCUT2D eigenvalue weighted by atomic mass is 10.1. The van der Waals surface area contributed by atoms with Gasteiger partial charge in [-0.25, -0.2) is 0 Å². The number of thiophene rings is 1. The molecule has 1 aliphatic heterocycles. The Morgan fingerprint density at radius 1 is 1.44 bits per heavy atom. The van der Waals surface area contributed by atoms with Crippen molar-refractivity contribution in [3.63, 3.8) is 0 Å². The van der Waals surface area contributed by atoms with E-state index in [1.807, 2.05) is 11.3 Å². The van der Waals surface area contributed by atoms with Crippen LogP contribution in [0.2, 0.25) is 0 Å². The van der Waals surface area contributed by atoms with Crippen LogP contribution in [0.15, 0.2) is 6.07 Å². The molecule has 102 valence electrons. The quantitative estimate of drug-likeness (QED) is 0.861. The van der Waals surface area contributed by atoms with E-state index in [2.05, 4.69) is 25.2 Å². The number of hydrogen-bond donors (Lipinski definition) is 1. The predicted octanol–water partition coefficient (Wildman–Crippen LogP) is 2.86. The Hall–Kier alpha value is -0.420. The van der Waals surface area contributed by atoms with Crippen molar-refractivity contribution in [1.29, 1.82) is 0 Å². The third kappa shape index (κ3) is 4.05. The van der Waals surface area contributed by atoms with E-state index in [1.54, 1.807) is 0 Å². The van der Waals surface area contributed by atoms with Crippen LogP contribution in [0.3, 0.4) is 0 Å². The van der Waals surface area contributed by atoms with Crippen LogP contribution in [0.25, 0.3) is 0 Å². The second kappa shape index (κ2) is 7.24. The van der Waals surface area contributed by atoms with Crippen molar-refractivity contribution in [2.45, 2.75) is 45.9 Å². The van der Waals surface area contributed by atoms with Crippen molar-refractivity contribution >= 4 is 11.3 Å². The van der Waals surface area contributed by atoms with Gasteiger partial charge in [0.2, 0.25) is 0 Å². The summed E-state index contributed by atoms with van der Waals surface area (Å²) in [5, 5.41) is 3.36. The molecule has 0 amide bonds. The molecule has 0 spiro atoms. The molecule has 0 saturated carbocycles. The minimum Gasteiger partial charge on any atom is -0.381 e. The highest BCUT2D eigenvalue weighted by Gasteiger charge is 2.15. The van der Waals surface area contributed by atoms with E-state index in [0.29, 0.717) is 6.10 Å². The Balaban J connectivity index is 1.82. The van der Waals surface area contributed by atoms with Crippen molar-refractivity contribution in [2.24, 2.45) is 0 Å². The lowest BCUT2D eigenvalue weighted by Gasteiger charge is -2.22.